The number of amides is 1. The van der Waals surface area contributed by atoms with Crippen molar-refractivity contribution in [2.45, 2.75) is 5.57 Å². The summed E-state index contributed by atoms with van der Waals surface area (Å²) in [6.07, 6.45) is 3.81. The smallest absolute Gasteiger partial charge is 0.420 e. The van der Waals surface area contributed by atoms with Crippen molar-refractivity contribution in [1.82, 2.24) is 4.98 Å². The molecule has 8 nitrogen and oxygen atoms in total. The summed E-state index contributed by atoms with van der Waals surface area (Å²) in [5.41, 5.74) is 3.54. The van der Waals surface area contributed by atoms with Gasteiger partial charge in [0.05, 0.1) is 5.56 Å². The molecule has 1 aromatic heterocycles. The molecular formula is C20H20ClF2N5O3. The van der Waals surface area contributed by atoms with Gasteiger partial charge in [-0.2, -0.15) is 0 Å². The largest absolute Gasteiger partial charge is 0.487 e. The van der Waals surface area contributed by atoms with E-state index < -0.39 is 11.5 Å². The first-order valence-corrected chi connectivity index (χ1v) is 9.57. The van der Waals surface area contributed by atoms with Crippen molar-refractivity contribution in [1.29, 1.82) is 5.41 Å². The summed E-state index contributed by atoms with van der Waals surface area (Å²) in [4.78, 5) is 18.9. The molecule has 0 atom stereocenters. The van der Waals surface area contributed by atoms with Crippen LogP contribution in [0.3, 0.4) is 0 Å². The Kier molecular flexibility index (Phi) is 6.71. The number of hydrogen-bond acceptors (Lipinski definition) is 7. The van der Waals surface area contributed by atoms with Crippen LogP contribution in [0.4, 0.5) is 20.3 Å². The van der Waals surface area contributed by atoms with E-state index in [2.05, 4.69) is 15.0 Å². The molecule has 31 heavy (non-hydrogen) atoms. The summed E-state index contributed by atoms with van der Waals surface area (Å²) in [5, 5.41) is 19.1. The molecule has 1 aliphatic heterocycles. The van der Waals surface area contributed by atoms with Gasteiger partial charge in [0.15, 0.2) is 0 Å². The number of anilines is 2. The molecule has 1 fully saturated rings. The number of pyridine rings is 1. The van der Waals surface area contributed by atoms with Gasteiger partial charge >= 0.3 is 5.57 Å². The number of ether oxygens (including phenoxy) is 1. The molecule has 0 aliphatic carbocycles. The Morgan fingerprint density at radius 2 is 2.10 bits per heavy atom. The molecule has 2 aromatic rings. The van der Waals surface area contributed by atoms with E-state index in [0.717, 1.165) is 6.21 Å². The third-order valence-corrected chi connectivity index (χ3v) is 4.64. The molecule has 1 saturated heterocycles. The summed E-state index contributed by atoms with van der Waals surface area (Å²) in [7, 11) is 0. The second-order valence-corrected chi connectivity index (χ2v) is 7.30. The highest BCUT2D eigenvalue weighted by molar-refractivity contribution is 6.20. The summed E-state index contributed by atoms with van der Waals surface area (Å²) < 4.78 is 29.6. The number of carbonyl (C=O) groups excluding carboxylic acids is 1. The number of rotatable bonds is 8. The van der Waals surface area contributed by atoms with Gasteiger partial charge in [0, 0.05) is 66.6 Å². The van der Waals surface area contributed by atoms with E-state index in [4.69, 9.17) is 22.7 Å². The second-order valence-electron chi connectivity index (χ2n) is 6.86. The van der Waals surface area contributed by atoms with Gasteiger partial charge in [-0.25, -0.2) is 4.98 Å². The van der Waals surface area contributed by atoms with Gasteiger partial charge in [-0.1, -0.05) is 0 Å². The number of alkyl halides is 3. The maximum atomic E-state index is 12.7. The number of aliphatic hydroxyl groups is 1. The number of aliphatic hydroxyl groups excluding tert-OH is 1. The van der Waals surface area contributed by atoms with Crippen molar-refractivity contribution in [2.24, 2.45) is 11.7 Å². The van der Waals surface area contributed by atoms with Gasteiger partial charge in [-0.05, 0) is 36.4 Å². The van der Waals surface area contributed by atoms with Crippen molar-refractivity contribution in [3.05, 3.63) is 53.7 Å². The van der Waals surface area contributed by atoms with Gasteiger partial charge in [0.2, 0.25) is 0 Å². The first-order chi connectivity index (χ1) is 14.7. The van der Waals surface area contributed by atoms with Crippen LogP contribution in [0.1, 0.15) is 15.9 Å². The van der Waals surface area contributed by atoms with Gasteiger partial charge in [0.25, 0.3) is 5.91 Å². The van der Waals surface area contributed by atoms with E-state index >= 15 is 0 Å². The molecule has 1 aliphatic rings. The Bertz CT molecular complexity index is 989. The molecule has 2 heterocycles. The van der Waals surface area contributed by atoms with Crippen LogP contribution in [-0.2, 0) is 0 Å². The van der Waals surface area contributed by atoms with Crippen molar-refractivity contribution in [3.8, 4) is 5.75 Å². The van der Waals surface area contributed by atoms with Crippen LogP contribution >= 0.6 is 11.6 Å². The van der Waals surface area contributed by atoms with E-state index in [1.165, 1.54) is 36.5 Å². The molecule has 5 N–H and O–H groups in total. The van der Waals surface area contributed by atoms with E-state index in [9.17, 15) is 18.7 Å². The van der Waals surface area contributed by atoms with Gasteiger partial charge < -0.3 is 31.2 Å². The normalized spacial score (nSPS) is 14.7. The van der Waals surface area contributed by atoms with Gasteiger partial charge in [-0.15, -0.1) is 8.78 Å². The monoisotopic (exact) mass is 451 g/mol. The number of allylic oxidation sites excluding steroid dienone is 1. The average Bonchev–Trinajstić information content (AvgIpc) is 2.68. The Morgan fingerprint density at radius 1 is 1.42 bits per heavy atom. The summed E-state index contributed by atoms with van der Waals surface area (Å²) in [5.74, 6) is 0.0550. The zero-order valence-corrected chi connectivity index (χ0v) is 16.9. The molecule has 164 valence electrons. The summed E-state index contributed by atoms with van der Waals surface area (Å²) in [6.45, 7) is 1.29. The SMILES string of the molecule is N=C/C=C(\N)c1cc(C(=O)Nc2ccc(OC(F)(F)Cl)cc2)cnc1N1CC(CO)C1. The molecule has 0 spiro atoms. The van der Waals surface area contributed by atoms with Crippen LogP contribution in [0.2, 0.25) is 0 Å². The number of nitrogens with one attached hydrogen (secondary N) is 2. The number of nitrogens with two attached hydrogens (primary N) is 1. The average molecular weight is 452 g/mol. The maximum Gasteiger partial charge on any atom is 0.487 e. The van der Waals surface area contributed by atoms with Crippen molar-refractivity contribution in [2.75, 3.05) is 29.9 Å². The number of hydrogen-bond donors (Lipinski definition) is 4. The Hall–Kier alpha value is -3.24. The third kappa shape index (κ3) is 5.68. The molecule has 0 radical (unpaired) electrons. The third-order valence-electron chi connectivity index (χ3n) is 4.56. The quantitative estimate of drug-likeness (QED) is 0.361. The van der Waals surface area contributed by atoms with Crippen LogP contribution in [-0.4, -0.2) is 47.5 Å². The van der Waals surface area contributed by atoms with Crippen LogP contribution in [0.25, 0.3) is 5.70 Å². The van der Waals surface area contributed by atoms with Crippen molar-refractivity contribution >= 4 is 40.9 Å². The first kappa shape index (κ1) is 22.4. The molecule has 3 rings (SSSR count). The van der Waals surface area contributed by atoms with E-state index in [1.807, 2.05) is 4.90 Å². The molecule has 11 heteroatoms. The number of benzene rings is 1. The van der Waals surface area contributed by atoms with Crippen molar-refractivity contribution in [3.63, 3.8) is 0 Å². The fraction of sp³-hybridized carbons (Fsp3) is 0.250. The van der Waals surface area contributed by atoms with Crippen LogP contribution in [0, 0.1) is 11.3 Å². The molecule has 0 bridgehead atoms. The lowest BCUT2D eigenvalue weighted by molar-refractivity contribution is -0.0964. The Balaban J connectivity index is 1.78. The molecule has 1 aromatic carbocycles. The minimum absolute atomic E-state index is 0.0739. The lowest BCUT2D eigenvalue weighted by Gasteiger charge is -2.40. The topological polar surface area (TPSA) is 125 Å². The molecular weight excluding hydrogens is 432 g/mol. The number of aromatic nitrogens is 1. The highest BCUT2D eigenvalue weighted by Gasteiger charge is 2.30. The lowest BCUT2D eigenvalue weighted by Crippen LogP contribution is -2.49. The number of nitrogens with zero attached hydrogens (tertiary/aromatic N) is 2. The Labute approximate surface area is 181 Å². The fourth-order valence-corrected chi connectivity index (χ4v) is 3.12. The summed E-state index contributed by atoms with van der Waals surface area (Å²) in [6, 6.07) is 6.81. The van der Waals surface area contributed by atoms with E-state index in [-0.39, 0.29) is 29.5 Å². The van der Waals surface area contributed by atoms with E-state index in [0.29, 0.717) is 30.2 Å². The van der Waals surface area contributed by atoms with E-state index in [1.54, 1.807) is 6.07 Å². The minimum atomic E-state index is -3.83. The van der Waals surface area contributed by atoms with Gasteiger partial charge in [-0.3, -0.25) is 4.79 Å². The minimum Gasteiger partial charge on any atom is -0.420 e. The molecule has 0 saturated carbocycles. The van der Waals surface area contributed by atoms with Crippen LogP contribution in [0.15, 0.2) is 42.6 Å². The second kappa shape index (κ2) is 9.27. The zero-order valence-electron chi connectivity index (χ0n) is 16.2. The summed E-state index contributed by atoms with van der Waals surface area (Å²) >= 11 is 4.72. The highest BCUT2D eigenvalue weighted by atomic mass is 35.5. The van der Waals surface area contributed by atoms with Crippen LogP contribution < -0.4 is 20.7 Å². The fourth-order valence-electron chi connectivity index (χ4n) is 3.03. The highest BCUT2D eigenvalue weighted by Crippen LogP contribution is 2.30. The van der Waals surface area contributed by atoms with Gasteiger partial charge in [0.1, 0.15) is 11.6 Å². The Morgan fingerprint density at radius 3 is 2.68 bits per heavy atom. The molecule has 0 unspecified atom stereocenters. The number of halogens is 3. The maximum absolute atomic E-state index is 12.7. The lowest BCUT2D eigenvalue weighted by atomic mass is 9.99. The van der Waals surface area contributed by atoms with Crippen LogP contribution in [0.5, 0.6) is 5.75 Å². The molecule has 1 amide bonds. The predicted octanol–water partition coefficient (Wildman–Crippen LogP) is 2.88. The first-order valence-electron chi connectivity index (χ1n) is 9.19. The standard InChI is InChI=1S/C20H20ClF2N5O3/c21-20(22,23)31-15-3-1-14(2-4-15)27-19(30)13-7-16(17(25)5-6-24)18(26-8-13)28-9-12(10-28)11-29/h1-8,12,24,29H,9-11,25H2,(H,27,30)/b17-5-,24-6?. The predicted molar refractivity (Wildman–Crippen MR) is 114 cm³/mol. The van der Waals surface area contributed by atoms with Crippen molar-refractivity contribution < 1.29 is 23.4 Å². The number of carbonyl (C=O) groups is 1. The zero-order chi connectivity index (χ0) is 22.6.